The van der Waals surface area contributed by atoms with Crippen molar-refractivity contribution in [1.82, 2.24) is 19.2 Å². The Morgan fingerprint density at radius 2 is 1.91 bits per heavy atom. The number of thioether (sulfide) groups is 1. The normalized spacial score (nSPS) is 11.7. The summed E-state index contributed by atoms with van der Waals surface area (Å²) in [5.74, 6) is 2.64. The van der Waals surface area contributed by atoms with Crippen LogP contribution in [0.2, 0.25) is 0 Å². The third-order valence-electron chi connectivity index (χ3n) is 5.65. The van der Waals surface area contributed by atoms with E-state index >= 15 is 0 Å². The van der Waals surface area contributed by atoms with Gasteiger partial charge in [0.15, 0.2) is 5.16 Å². The molecule has 174 valence electrons. The minimum atomic E-state index is -0.0540. The van der Waals surface area contributed by atoms with Gasteiger partial charge in [-0.25, -0.2) is 0 Å². The standard InChI is InChI=1S/C25H30N4O3S/c1-17(2)20-11-10-19(16-18(20)3)32-14-15-33-25-27-26-24-28(12-7-13-31-4)23(30)21-8-5-6-9-22(21)29(24)25/h5-6,8-11,16-17H,7,12-15H2,1-4H3. The minimum absolute atomic E-state index is 0.0540. The maximum absolute atomic E-state index is 13.1. The Balaban J connectivity index is 1.54. The summed E-state index contributed by atoms with van der Waals surface area (Å²) >= 11 is 1.57. The van der Waals surface area contributed by atoms with Gasteiger partial charge in [0.25, 0.3) is 5.56 Å². The van der Waals surface area contributed by atoms with Crippen molar-refractivity contribution in [3.63, 3.8) is 0 Å². The molecule has 0 amide bonds. The van der Waals surface area contributed by atoms with Crippen LogP contribution in [0.5, 0.6) is 5.75 Å². The molecule has 0 radical (unpaired) electrons. The van der Waals surface area contributed by atoms with Crippen LogP contribution in [0.4, 0.5) is 0 Å². The van der Waals surface area contributed by atoms with E-state index in [1.165, 1.54) is 11.1 Å². The number of para-hydroxylation sites is 1. The van der Waals surface area contributed by atoms with Gasteiger partial charge in [-0.2, -0.15) is 0 Å². The average molecular weight is 467 g/mol. The topological polar surface area (TPSA) is 70.7 Å². The van der Waals surface area contributed by atoms with Crippen LogP contribution in [0.1, 0.15) is 37.3 Å². The van der Waals surface area contributed by atoms with Gasteiger partial charge < -0.3 is 9.47 Å². The fourth-order valence-corrected chi connectivity index (χ4v) is 4.83. The van der Waals surface area contributed by atoms with Crippen LogP contribution in [0, 0.1) is 6.92 Å². The number of aryl methyl sites for hydroxylation is 2. The van der Waals surface area contributed by atoms with Crippen molar-refractivity contribution in [1.29, 1.82) is 0 Å². The highest BCUT2D eigenvalue weighted by atomic mass is 32.2. The number of ether oxygens (including phenoxy) is 2. The molecule has 7 nitrogen and oxygen atoms in total. The van der Waals surface area contributed by atoms with Gasteiger partial charge in [0.05, 0.1) is 17.5 Å². The lowest BCUT2D eigenvalue weighted by molar-refractivity contribution is 0.190. The van der Waals surface area contributed by atoms with Crippen LogP contribution in [-0.4, -0.2) is 45.2 Å². The van der Waals surface area contributed by atoms with E-state index in [9.17, 15) is 4.79 Å². The number of fused-ring (bicyclic) bond motifs is 3. The lowest BCUT2D eigenvalue weighted by atomic mass is 9.98. The lowest BCUT2D eigenvalue weighted by Gasteiger charge is -2.12. The molecule has 4 rings (SSSR count). The molecule has 8 heteroatoms. The molecule has 0 bridgehead atoms. The second-order valence-electron chi connectivity index (χ2n) is 8.31. The molecular formula is C25H30N4O3S. The number of hydrogen-bond donors (Lipinski definition) is 0. The van der Waals surface area contributed by atoms with Crippen LogP contribution in [0.15, 0.2) is 52.4 Å². The van der Waals surface area contributed by atoms with Crippen LogP contribution < -0.4 is 10.3 Å². The molecule has 0 saturated heterocycles. The first-order chi connectivity index (χ1) is 16.0. The zero-order valence-corrected chi connectivity index (χ0v) is 20.4. The van der Waals surface area contributed by atoms with Gasteiger partial charge in [-0.3, -0.25) is 13.8 Å². The van der Waals surface area contributed by atoms with E-state index in [4.69, 9.17) is 9.47 Å². The number of aromatic nitrogens is 4. The van der Waals surface area contributed by atoms with E-state index in [-0.39, 0.29) is 5.56 Å². The second-order valence-corrected chi connectivity index (χ2v) is 9.37. The Bertz CT molecular complexity index is 1310. The van der Waals surface area contributed by atoms with Crippen molar-refractivity contribution in [2.24, 2.45) is 0 Å². The summed E-state index contributed by atoms with van der Waals surface area (Å²) in [6.45, 7) is 8.17. The predicted molar refractivity (Wildman–Crippen MR) is 133 cm³/mol. The number of benzene rings is 2. The Labute approximate surface area is 197 Å². The molecule has 0 unspecified atom stereocenters. The van der Waals surface area contributed by atoms with E-state index in [2.05, 4.69) is 43.1 Å². The van der Waals surface area contributed by atoms with Gasteiger partial charge in [0.2, 0.25) is 5.78 Å². The average Bonchev–Trinajstić information content (AvgIpc) is 3.22. The second kappa shape index (κ2) is 10.4. The molecular weight excluding hydrogens is 436 g/mol. The molecule has 2 heterocycles. The van der Waals surface area contributed by atoms with Gasteiger partial charge in [-0.15, -0.1) is 10.2 Å². The molecule has 0 spiro atoms. The van der Waals surface area contributed by atoms with Crippen LogP contribution in [-0.2, 0) is 11.3 Å². The molecule has 2 aromatic carbocycles. The first-order valence-corrected chi connectivity index (χ1v) is 12.2. The Kier molecular flexibility index (Phi) is 7.35. The third-order valence-corrected chi connectivity index (χ3v) is 6.55. The summed E-state index contributed by atoms with van der Waals surface area (Å²) < 4.78 is 14.8. The zero-order valence-electron chi connectivity index (χ0n) is 19.6. The van der Waals surface area contributed by atoms with Crippen molar-refractivity contribution >= 4 is 28.4 Å². The van der Waals surface area contributed by atoms with Crippen molar-refractivity contribution in [3.05, 3.63) is 63.9 Å². The fraction of sp³-hybridized carbons (Fsp3) is 0.400. The monoisotopic (exact) mass is 466 g/mol. The predicted octanol–water partition coefficient (Wildman–Crippen LogP) is 4.68. The van der Waals surface area contributed by atoms with Gasteiger partial charge in [-0.1, -0.05) is 43.8 Å². The highest BCUT2D eigenvalue weighted by molar-refractivity contribution is 7.99. The smallest absolute Gasteiger partial charge is 0.262 e. The number of hydrogen-bond acceptors (Lipinski definition) is 6. The summed E-state index contributed by atoms with van der Waals surface area (Å²) in [6.07, 6.45) is 0.725. The summed E-state index contributed by atoms with van der Waals surface area (Å²) in [5, 5.41) is 10.2. The molecule has 0 aliphatic carbocycles. The molecule has 2 aromatic heterocycles. The maximum Gasteiger partial charge on any atom is 0.262 e. The number of rotatable bonds is 10. The van der Waals surface area contributed by atoms with E-state index in [0.717, 1.165) is 22.8 Å². The van der Waals surface area contributed by atoms with Gasteiger partial charge in [0, 0.05) is 26.0 Å². The summed E-state index contributed by atoms with van der Waals surface area (Å²) in [5.41, 5.74) is 3.35. The highest BCUT2D eigenvalue weighted by Crippen LogP contribution is 2.25. The quantitative estimate of drug-likeness (QED) is 0.250. The van der Waals surface area contributed by atoms with E-state index in [1.54, 1.807) is 23.4 Å². The van der Waals surface area contributed by atoms with Gasteiger partial charge >= 0.3 is 0 Å². The minimum Gasteiger partial charge on any atom is -0.493 e. The number of nitrogens with zero attached hydrogens (tertiary/aromatic N) is 4. The summed E-state index contributed by atoms with van der Waals surface area (Å²) in [4.78, 5) is 13.1. The molecule has 0 N–H and O–H groups in total. The largest absolute Gasteiger partial charge is 0.493 e. The first kappa shape index (κ1) is 23.3. The Morgan fingerprint density at radius 1 is 1.09 bits per heavy atom. The molecule has 0 aliphatic rings. The van der Waals surface area contributed by atoms with E-state index in [0.29, 0.717) is 42.6 Å². The first-order valence-electron chi connectivity index (χ1n) is 11.2. The van der Waals surface area contributed by atoms with Crippen LogP contribution >= 0.6 is 11.8 Å². The van der Waals surface area contributed by atoms with Crippen molar-refractivity contribution in [2.45, 2.75) is 44.8 Å². The molecule has 0 fully saturated rings. The van der Waals surface area contributed by atoms with E-state index in [1.807, 2.05) is 34.7 Å². The molecule has 4 aromatic rings. The van der Waals surface area contributed by atoms with Gasteiger partial charge in [0.1, 0.15) is 5.75 Å². The zero-order chi connectivity index (χ0) is 23.4. The molecule has 0 atom stereocenters. The van der Waals surface area contributed by atoms with Crippen molar-refractivity contribution in [2.75, 3.05) is 26.1 Å². The fourth-order valence-electron chi connectivity index (χ4n) is 4.07. The van der Waals surface area contributed by atoms with E-state index < -0.39 is 0 Å². The SMILES string of the molecule is COCCCn1c(=O)c2ccccc2n2c(SCCOc3ccc(C(C)C)c(C)c3)nnc12. The van der Waals surface area contributed by atoms with Crippen LogP contribution in [0.25, 0.3) is 16.7 Å². The highest BCUT2D eigenvalue weighted by Gasteiger charge is 2.16. The summed E-state index contributed by atoms with van der Waals surface area (Å²) in [6, 6.07) is 13.9. The van der Waals surface area contributed by atoms with Crippen LogP contribution in [0.3, 0.4) is 0 Å². The van der Waals surface area contributed by atoms with Crippen molar-refractivity contribution < 1.29 is 9.47 Å². The third kappa shape index (κ3) is 4.91. The molecule has 0 saturated carbocycles. The number of methoxy groups -OCH3 is 1. The Morgan fingerprint density at radius 3 is 2.67 bits per heavy atom. The summed E-state index contributed by atoms with van der Waals surface area (Å²) in [7, 11) is 1.66. The Hall–Kier alpha value is -2.84. The van der Waals surface area contributed by atoms with Crippen molar-refractivity contribution in [3.8, 4) is 5.75 Å². The molecule has 0 aliphatic heterocycles. The maximum atomic E-state index is 13.1. The van der Waals surface area contributed by atoms with Gasteiger partial charge in [-0.05, 0) is 54.7 Å². The lowest BCUT2D eigenvalue weighted by Crippen LogP contribution is -2.24. The molecule has 33 heavy (non-hydrogen) atoms.